The van der Waals surface area contributed by atoms with E-state index in [9.17, 15) is 8.78 Å². The standard InChI is InChI=1S/C14H21F2N3/c1-2-18-5-7-19(8-6-18)14(10-17)11-3-4-12(15)13(16)9-11/h3-4,9,14H,2,5-8,10,17H2,1H3. The molecule has 106 valence electrons. The zero-order valence-corrected chi connectivity index (χ0v) is 11.3. The molecule has 1 aliphatic heterocycles. The fraction of sp³-hybridized carbons (Fsp3) is 0.571. The average molecular weight is 269 g/mol. The Labute approximate surface area is 113 Å². The molecule has 0 amide bonds. The lowest BCUT2D eigenvalue weighted by atomic mass is 10.0. The summed E-state index contributed by atoms with van der Waals surface area (Å²) in [7, 11) is 0. The summed E-state index contributed by atoms with van der Waals surface area (Å²) < 4.78 is 26.3. The molecule has 1 unspecified atom stereocenters. The van der Waals surface area contributed by atoms with Crippen molar-refractivity contribution >= 4 is 0 Å². The van der Waals surface area contributed by atoms with Gasteiger partial charge in [-0.15, -0.1) is 0 Å². The Morgan fingerprint density at radius 3 is 2.37 bits per heavy atom. The van der Waals surface area contributed by atoms with Gasteiger partial charge in [-0.2, -0.15) is 0 Å². The molecule has 0 spiro atoms. The van der Waals surface area contributed by atoms with Gasteiger partial charge in [-0.25, -0.2) is 8.78 Å². The number of nitrogens with zero attached hydrogens (tertiary/aromatic N) is 2. The monoisotopic (exact) mass is 269 g/mol. The minimum Gasteiger partial charge on any atom is -0.329 e. The lowest BCUT2D eigenvalue weighted by Gasteiger charge is -2.38. The fourth-order valence-corrected chi connectivity index (χ4v) is 2.61. The Bertz CT molecular complexity index is 417. The van der Waals surface area contributed by atoms with Gasteiger partial charge in [0.1, 0.15) is 0 Å². The number of rotatable bonds is 4. The number of nitrogens with two attached hydrogens (primary N) is 1. The predicted molar refractivity (Wildman–Crippen MR) is 71.8 cm³/mol. The molecule has 0 saturated carbocycles. The summed E-state index contributed by atoms with van der Waals surface area (Å²) in [6.45, 7) is 7.42. The quantitative estimate of drug-likeness (QED) is 0.901. The number of piperazine rings is 1. The van der Waals surface area contributed by atoms with Gasteiger partial charge in [-0.1, -0.05) is 13.0 Å². The maximum Gasteiger partial charge on any atom is 0.159 e. The lowest BCUT2D eigenvalue weighted by Crippen LogP contribution is -2.48. The zero-order valence-electron chi connectivity index (χ0n) is 11.3. The second kappa shape index (κ2) is 6.41. The summed E-state index contributed by atoms with van der Waals surface area (Å²) in [4.78, 5) is 4.62. The SMILES string of the molecule is CCN1CCN(C(CN)c2ccc(F)c(F)c2)CC1. The predicted octanol–water partition coefficient (Wildman–Crippen LogP) is 1.60. The molecule has 2 rings (SSSR count). The number of benzene rings is 1. The third kappa shape index (κ3) is 3.29. The van der Waals surface area contributed by atoms with Crippen molar-refractivity contribution in [3.8, 4) is 0 Å². The first-order chi connectivity index (χ1) is 9.15. The van der Waals surface area contributed by atoms with Crippen molar-refractivity contribution < 1.29 is 8.78 Å². The van der Waals surface area contributed by atoms with E-state index in [1.807, 2.05) is 0 Å². The zero-order chi connectivity index (χ0) is 13.8. The third-order valence-electron chi connectivity index (χ3n) is 3.85. The van der Waals surface area contributed by atoms with Crippen molar-refractivity contribution in [3.05, 3.63) is 35.4 Å². The van der Waals surface area contributed by atoms with Crippen LogP contribution in [0, 0.1) is 11.6 Å². The van der Waals surface area contributed by atoms with Crippen molar-refractivity contribution in [2.24, 2.45) is 5.73 Å². The van der Waals surface area contributed by atoms with Crippen molar-refractivity contribution in [3.63, 3.8) is 0 Å². The summed E-state index contributed by atoms with van der Waals surface area (Å²) in [6.07, 6.45) is 0. The van der Waals surface area contributed by atoms with Gasteiger partial charge in [0.2, 0.25) is 0 Å². The highest BCUT2D eigenvalue weighted by atomic mass is 19.2. The summed E-state index contributed by atoms with van der Waals surface area (Å²) in [5.74, 6) is -1.61. The molecule has 1 atom stereocenters. The van der Waals surface area contributed by atoms with Gasteiger partial charge in [0, 0.05) is 38.8 Å². The average Bonchev–Trinajstić information content (AvgIpc) is 2.44. The van der Waals surface area contributed by atoms with Crippen LogP contribution in [-0.2, 0) is 0 Å². The molecule has 1 heterocycles. The highest BCUT2D eigenvalue weighted by molar-refractivity contribution is 5.22. The number of hydrogen-bond acceptors (Lipinski definition) is 3. The first-order valence-corrected chi connectivity index (χ1v) is 6.77. The van der Waals surface area contributed by atoms with Crippen LogP contribution in [0.15, 0.2) is 18.2 Å². The lowest BCUT2D eigenvalue weighted by molar-refractivity contribution is 0.102. The summed E-state index contributed by atoms with van der Waals surface area (Å²) in [5.41, 5.74) is 6.58. The molecule has 1 aliphatic rings. The number of likely N-dealkylation sites (N-methyl/N-ethyl adjacent to an activating group) is 1. The molecule has 1 aromatic carbocycles. The van der Waals surface area contributed by atoms with Gasteiger partial charge in [0.25, 0.3) is 0 Å². The molecular weight excluding hydrogens is 248 g/mol. The fourth-order valence-electron chi connectivity index (χ4n) is 2.61. The van der Waals surface area contributed by atoms with Gasteiger partial charge >= 0.3 is 0 Å². The van der Waals surface area contributed by atoms with Crippen molar-refractivity contribution in [1.82, 2.24) is 9.80 Å². The summed E-state index contributed by atoms with van der Waals surface area (Å²) in [5, 5.41) is 0. The largest absolute Gasteiger partial charge is 0.329 e. The molecule has 1 saturated heterocycles. The van der Waals surface area contributed by atoms with E-state index in [0.29, 0.717) is 6.54 Å². The molecule has 19 heavy (non-hydrogen) atoms. The Balaban J connectivity index is 2.09. The minimum atomic E-state index is -0.810. The van der Waals surface area contributed by atoms with Crippen LogP contribution in [0.4, 0.5) is 8.78 Å². The Morgan fingerprint density at radius 2 is 1.84 bits per heavy atom. The molecule has 0 radical (unpaired) electrons. The van der Waals surface area contributed by atoms with Crippen LogP contribution >= 0.6 is 0 Å². The van der Waals surface area contributed by atoms with E-state index in [1.54, 1.807) is 6.07 Å². The van der Waals surface area contributed by atoms with E-state index in [4.69, 9.17) is 5.73 Å². The van der Waals surface area contributed by atoms with E-state index in [1.165, 1.54) is 12.1 Å². The highest BCUT2D eigenvalue weighted by Gasteiger charge is 2.24. The van der Waals surface area contributed by atoms with Gasteiger partial charge in [0.05, 0.1) is 0 Å². The second-order valence-corrected chi connectivity index (χ2v) is 4.90. The van der Waals surface area contributed by atoms with Crippen LogP contribution in [0.5, 0.6) is 0 Å². The molecule has 0 aliphatic carbocycles. The second-order valence-electron chi connectivity index (χ2n) is 4.90. The molecular formula is C14H21F2N3. The number of halogens is 2. The number of hydrogen-bond donors (Lipinski definition) is 1. The van der Waals surface area contributed by atoms with Crippen molar-refractivity contribution in [1.29, 1.82) is 0 Å². The first-order valence-electron chi connectivity index (χ1n) is 6.77. The Kier molecular flexibility index (Phi) is 4.85. The molecule has 5 heteroatoms. The first kappa shape index (κ1) is 14.4. The van der Waals surface area contributed by atoms with E-state index >= 15 is 0 Å². The van der Waals surface area contributed by atoms with Gasteiger partial charge in [0.15, 0.2) is 11.6 Å². The summed E-state index contributed by atoms with van der Waals surface area (Å²) >= 11 is 0. The van der Waals surface area contributed by atoms with Crippen LogP contribution in [0.3, 0.4) is 0 Å². The van der Waals surface area contributed by atoms with Crippen LogP contribution in [0.1, 0.15) is 18.5 Å². The van der Waals surface area contributed by atoms with Crippen molar-refractivity contribution in [2.45, 2.75) is 13.0 Å². The van der Waals surface area contributed by atoms with E-state index < -0.39 is 11.6 Å². The van der Waals surface area contributed by atoms with Crippen LogP contribution in [0.25, 0.3) is 0 Å². The van der Waals surface area contributed by atoms with Crippen LogP contribution in [-0.4, -0.2) is 49.1 Å². The topological polar surface area (TPSA) is 32.5 Å². The third-order valence-corrected chi connectivity index (χ3v) is 3.85. The smallest absolute Gasteiger partial charge is 0.159 e. The Morgan fingerprint density at radius 1 is 1.16 bits per heavy atom. The maximum absolute atomic E-state index is 13.3. The van der Waals surface area contributed by atoms with E-state index in [-0.39, 0.29) is 6.04 Å². The molecule has 2 N–H and O–H groups in total. The van der Waals surface area contributed by atoms with Gasteiger partial charge < -0.3 is 10.6 Å². The van der Waals surface area contributed by atoms with Gasteiger partial charge in [-0.05, 0) is 24.2 Å². The normalized spacial score (nSPS) is 19.6. The molecule has 0 aromatic heterocycles. The Hall–Kier alpha value is -1.04. The highest BCUT2D eigenvalue weighted by Crippen LogP contribution is 2.22. The van der Waals surface area contributed by atoms with Crippen LogP contribution < -0.4 is 5.73 Å². The molecule has 3 nitrogen and oxygen atoms in total. The van der Waals surface area contributed by atoms with Gasteiger partial charge in [-0.3, -0.25) is 4.90 Å². The van der Waals surface area contributed by atoms with E-state index in [2.05, 4.69) is 16.7 Å². The molecule has 0 bridgehead atoms. The molecule has 1 aromatic rings. The van der Waals surface area contributed by atoms with Crippen LogP contribution in [0.2, 0.25) is 0 Å². The molecule has 1 fully saturated rings. The minimum absolute atomic E-state index is 0.0332. The maximum atomic E-state index is 13.3. The summed E-state index contributed by atoms with van der Waals surface area (Å²) in [6, 6.07) is 4.03. The van der Waals surface area contributed by atoms with Crippen molar-refractivity contribution in [2.75, 3.05) is 39.3 Å². The van der Waals surface area contributed by atoms with E-state index in [0.717, 1.165) is 38.3 Å².